The van der Waals surface area contributed by atoms with Crippen molar-refractivity contribution >= 4 is 17.4 Å². The Morgan fingerprint density at radius 1 is 0.929 bits per heavy atom. The van der Waals surface area contributed by atoms with Gasteiger partial charge in [0.1, 0.15) is 17.7 Å². The molecule has 1 amide bonds. The lowest BCUT2D eigenvalue weighted by atomic mass is 10.1. The molecule has 0 aliphatic rings. The molecule has 0 saturated heterocycles. The molecule has 1 unspecified atom stereocenters. The van der Waals surface area contributed by atoms with Crippen molar-refractivity contribution in [1.29, 1.82) is 0 Å². The number of Topliss-reactive ketones (excluding diaryl/α,β-unsaturated/α-hetero) is 1. The first-order valence-corrected chi connectivity index (χ1v) is 8.87. The molecule has 0 fully saturated rings. The summed E-state index contributed by atoms with van der Waals surface area (Å²) in [6.07, 6.45) is -0.293. The summed E-state index contributed by atoms with van der Waals surface area (Å²) in [4.78, 5) is 23.8. The maximum atomic E-state index is 13.1. The van der Waals surface area contributed by atoms with E-state index in [1.54, 1.807) is 60.7 Å². The van der Waals surface area contributed by atoms with Crippen molar-refractivity contribution in [2.45, 2.75) is 20.0 Å². The van der Waals surface area contributed by atoms with Crippen LogP contribution in [0.2, 0.25) is 0 Å². The van der Waals surface area contributed by atoms with Crippen LogP contribution in [0.1, 0.15) is 46.2 Å². The summed E-state index contributed by atoms with van der Waals surface area (Å²) in [7, 11) is 0. The molecule has 4 nitrogen and oxygen atoms in total. The Hall–Kier alpha value is -3.47. The Labute approximate surface area is 163 Å². The van der Waals surface area contributed by atoms with Gasteiger partial charge in [0, 0.05) is 16.8 Å². The van der Waals surface area contributed by atoms with Gasteiger partial charge in [0.15, 0.2) is 5.78 Å². The zero-order valence-corrected chi connectivity index (χ0v) is 15.6. The summed E-state index contributed by atoms with van der Waals surface area (Å²) >= 11 is 0. The number of amides is 1. The van der Waals surface area contributed by atoms with Crippen LogP contribution in [-0.4, -0.2) is 11.7 Å². The predicted octanol–water partition coefficient (Wildman–Crippen LogP) is 5.42. The molecule has 142 valence electrons. The summed E-state index contributed by atoms with van der Waals surface area (Å²) in [6, 6.07) is 19.7. The van der Waals surface area contributed by atoms with Crippen molar-refractivity contribution in [3.63, 3.8) is 0 Å². The molecule has 5 heteroatoms. The number of ether oxygens (including phenoxy) is 1. The van der Waals surface area contributed by atoms with Crippen LogP contribution in [-0.2, 0) is 0 Å². The fourth-order valence-electron chi connectivity index (χ4n) is 2.71. The van der Waals surface area contributed by atoms with Crippen LogP contribution < -0.4 is 10.1 Å². The third-order valence-corrected chi connectivity index (χ3v) is 4.30. The van der Waals surface area contributed by atoms with Gasteiger partial charge in [-0.05, 0) is 74.0 Å². The number of hydrogen-bond acceptors (Lipinski definition) is 3. The average Bonchev–Trinajstić information content (AvgIpc) is 2.69. The second kappa shape index (κ2) is 8.48. The molecule has 0 bridgehead atoms. The molecule has 3 aromatic carbocycles. The van der Waals surface area contributed by atoms with E-state index in [1.807, 2.05) is 6.92 Å². The van der Waals surface area contributed by atoms with E-state index in [1.165, 1.54) is 19.1 Å². The van der Waals surface area contributed by atoms with Gasteiger partial charge in [-0.1, -0.05) is 18.2 Å². The molecule has 1 N–H and O–H groups in total. The molecule has 0 saturated carbocycles. The number of rotatable bonds is 6. The molecule has 3 aromatic rings. The number of ketones is 1. The topological polar surface area (TPSA) is 55.4 Å². The highest BCUT2D eigenvalue weighted by Gasteiger charge is 2.11. The second-order valence-corrected chi connectivity index (χ2v) is 6.43. The van der Waals surface area contributed by atoms with E-state index in [0.717, 1.165) is 5.56 Å². The van der Waals surface area contributed by atoms with Crippen molar-refractivity contribution in [2.24, 2.45) is 0 Å². The van der Waals surface area contributed by atoms with Gasteiger partial charge in [-0.3, -0.25) is 9.59 Å². The van der Waals surface area contributed by atoms with Crippen LogP contribution in [0.25, 0.3) is 0 Å². The Bertz CT molecular complexity index is 981. The SMILES string of the molecule is CC(=O)c1ccc(NC(=O)c2cccc(OC(C)c3ccc(F)cc3)c2)cc1. The first-order chi connectivity index (χ1) is 13.4. The van der Waals surface area contributed by atoms with Gasteiger partial charge in [0.25, 0.3) is 5.91 Å². The number of nitrogens with one attached hydrogen (secondary N) is 1. The molecule has 0 aliphatic heterocycles. The fraction of sp³-hybridized carbons (Fsp3) is 0.130. The molecular formula is C23H20FNO3. The molecule has 1 atom stereocenters. The third-order valence-electron chi connectivity index (χ3n) is 4.30. The minimum atomic E-state index is -0.300. The van der Waals surface area contributed by atoms with Crippen molar-refractivity contribution < 1.29 is 18.7 Å². The quantitative estimate of drug-likeness (QED) is 0.584. The van der Waals surface area contributed by atoms with Crippen LogP contribution in [0.15, 0.2) is 72.8 Å². The molecule has 0 aromatic heterocycles. The normalized spacial score (nSPS) is 11.5. The highest BCUT2D eigenvalue weighted by Crippen LogP contribution is 2.23. The number of carbonyl (C=O) groups is 2. The number of halogens is 1. The van der Waals surface area contributed by atoms with Crippen LogP contribution in [0.4, 0.5) is 10.1 Å². The van der Waals surface area contributed by atoms with E-state index in [4.69, 9.17) is 4.74 Å². The molecule has 0 aliphatic carbocycles. The van der Waals surface area contributed by atoms with Gasteiger partial charge in [-0.15, -0.1) is 0 Å². The van der Waals surface area contributed by atoms with E-state index >= 15 is 0 Å². The molecule has 0 spiro atoms. The number of benzene rings is 3. The zero-order valence-electron chi connectivity index (χ0n) is 15.6. The van der Waals surface area contributed by atoms with Crippen LogP contribution in [0.5, 0.6) is 5.75 Å². The summed E-state index contributed by atoms with van der Waals surface area (Å²) in [5.74, 6) is -0.0733. The predicted molar refractivity (Wildman–Crippen MR) is 106 cm³/mol. The fourth-order valence-corrected chi connectivity index (χ4v) is 2.71. The van der Waals surface area contributed by atoms with Gasteiger partial charge in [0.2, 0.25) is 0 Å². The highest BCUT2D eigenvalue weighted by molar-refractivity contribution is 6.04. The van der Waals surface area contributed by atoms with E-state index in [-0.39, 0.29) is 23.6 Å². The van der Waals surface area contributed by atoms with Gasteiger partial charge in [0.05, 0.1) is 0 Å². The number of anilines is 1. The van der Waals surface area contributed by atoms with E-state index in [9.17, 15) is 14.0 Å². The summed E-state index contributed by atoms with van der Waals surface area (Å²) in [6.45, 7) is 3.35. The van der Waals surface area contributed by atoms with Crippen LogP contribution >= 0.6 is 0 Å². The third kappa shape index (κ3) is 4.82. The van der Waals surface area contributed by atoms with Gasteiger partial charge in [-0.2, -0.15) is 0 Å². The molecular weight excluding hydrogens is 357 g/mol. The van der Waals surface area contributed by atoms with E-state index < -0.39 is 0 Å². The Balaban J connectivity index is 1.68. The lowest BCUT2D eigenvalue weighted by molar-refractivity contribution is 0.101. The van der Waals surface area contributed by atoms with Gasteiger partial charge < -0.3 is 10.1 Å². The summed E-state index contributed by atoms with van der Waals surface area (Å²) in [5, 5.41) is 2.80. The zero-order chi connectivity index (χ0) is 20.1. The van der Waals surface area contributed by atoms with E-state index in [2.05, 4.69) is 5.32 Å². The molecule has 0 heterocycles. The molecule has 0 radical (unpaired) electrons. The molecule has 3 rings (SSSR count). The highest BCUT2D eigenvalue weighted by atomic mass is 19.1. The smallest absolute Gasteiger partial charge is 0.255 e. The summed E-state index contributed by atoms with van der Waals surface area (Å²) < 4.78 is 18.9. The standard InChI is InChI=1S/C23H20FNO3/c1-15(26)17-8-12-21(13-9-17)25-23(27)19-4-3-5-22(14-19)28-16(2)18-6-10-20(24)11-7-18/h3-14,16H,1-2H3,(H,25,27). The van der Waals surface area contributed by atoms with Crippen LogP contribution in [0.3, 0.4) is 0 Å². The van der Waals surface area contributed by atoms with Gasteiger partial charge in [-0.25, -0.2) is 4.39 Å². The lowest BCUT2D eigenvalue weighted by Gasteiger charge is -2.16. The first kappa shape index (κ1) is 19.3. The summed E-state index contributed by atoms with van der Waals surface area (Å²) in [5.41, 5.74) is 2.46. The second-order valence-electron chi connectivity index (χ2n) is 6.43. The maximum absolute atomic E-state index is 13.1. The maximum Gasteiger partial charge on any atom is 0.255 e. The van der Waals surface area contributed by atoms with Crippen molar-refractivity contribution in [2.75, 3.05) is 5.32 Å². The Kier molecular flexibility index (Phi) is 5.84. The lowest BCUT2D eigenvalue weighted by Crippen LogP contribution is -2.12. The van der Waals surface area contributed by atoms with Crippen molar-refractivity contribution in [1.82, 2.24) is 0 Å². The van der Waals surface area contributed by atoms with Gasteiger partial charge >= 0.3 is 0 Å². The van der Waals surface area contributed by atoms with E-state index in [0.29, 0.717) is 22.6 Å². The largest absolute Gasteiger partial charge is 0.486 e. The first-order valence-electron chi connectivity index (χ1n) is 8.87. The average molecular weight is 377 g/mol. The molecule has 28 heavy (non-hydrogen) atoms. The Morgan fingerprint density at radius 2 is 1.61 bits per heavy atom. The monoisotopic (exact) mass is 377 g/mol. The Morgan fingerprint density at radius 3 is 2.25 bits per heavy atom. The van der Waals surface area contributed by atoms with Crippen molar-refractivity contribution in [3.8, 4) is 5.75 Å². The van der Waals surface area contributed by atoms with Crippen LogP contribution in [0, 0.1) is 5.82 Å². The minimum absolute atomic E-state index is 0.0296. The minimum Gasteiger partial charge on any atom is -0.486 e. The number of hydrogen-bond donors (Lipinski definition) is 1. The van der Waals surface area contributed by atoms with Crippen molar-refractivity contribution in [3.05, 3.63) is 95.3 Å². The number of carbonyl (C=O) groups excluding carboxylic acids is 2.